The first-order chi connectivity index (χ1) is 22.4. The van der Waals surface area contributed by atoms with Gasteiger partial charge in [-0.1, -0.05) is 89.7 Å². The molecular formula is C37H30ClN3O4S. The number of carbonyl (C=O) groups excluding carboxylic acids is 1. The summed E-state index contributed by atoms with van der Waals surface area (Å²) < 4.78 is 15.6. The van der Waals surface area contributed by atoms with E-state index in [1.165, 1.54) is 11.3 Å². The van der Waals surface area contributed by atoms with E-state index in [9.17, 15) is 9.59 Å². The van der Waals surface area contributed by atoms with Crippen molar-refractivity contribution in [3.05, 3.63) is 144 Å². The molecule has 7 rings (SSSR count). The third kappa shape index (κ3) is 5.04. The lowest BCUT2D eigenvalue weighted by atomic mass is 9.90. The van der Waals surface area contributed by atoms with E-state index in [4.69, 9.17) is 26.1 Å². The summed E-state index contributed by atoms with van der Waals surface area (Å²) >= 11 is 7.81. The van der Waals surface area contributed by atoms with E-state index in [-0.39, 0.29) is 12.2 Å². The molecule has 1 aliphatic heterocycles. The molecular weight excluding hydrogens is 618 g/mol. The Morgan fingerprint density at radius 3 is 2.52 bits per heavy atom. The van der Waals surface area contributed by atoms with Crippen LogP contribution in [0, 0.1) is 0 Å². The van der Waals surface area contributed by atoms with E-state index >= 15 is 0 Å². The molecule has 0 fully saturated rings. The zero-order chi connectivity index (χ0) is 31.9. The first-order valence-corrected chi connectivity index (χ1v) is 16.2. The number of hydrogen-bond donors (Lipinski definition) is 0. The Labute approximate surface area is 273 Å². The van der Waals surface area contributed by atoms with Crippen LogP contribution in [-0.4, -0.2) is 28.8 Å². The highest BCUT2D eigenvalue weighted by molar-refractivity contribution is 7.07. The topological polar surface area (TPSA) is 74.8 Å². The zero-order valence-electron chi connectivity index (χ0n) is 25.5. The monoisotopic (exact) mass is 647 g/mol. The third-order valence-electron chi connectivity index (χ3n) is 8.35. The van der Waals surface area contributed by atoms with E-state index in [1.54, 1.807) is 25.5 Å². The quantitative estimate of drug-likeness (QED) is 0.183. The molecule has 0 saturated carbocycles. The van der Waals surface area contributed by atoms with Gasteiger partial charge in [0.05, 0.1) is 29.5 Å². The summed E-state index contributed by atoms with van der Waals surface area (Å²) in [5.74, 6) is 0.0538. The second-order valence-electron chi connectivity index (χ2n) is 11.0. The maximum Gasteiger partial charge on any atom is 0.338 e. The van der Waals surface area contributed by atoms with Crippen LogP contribution in [0.15, 0.2) is 112 Å². The molecule has 9 heteroatoms. The van der Waals surface area contributed by atoms with Crippen LogP contribution in [0.1, 0.15) is 36.6 Å². The van der Waals surface area contributed by atoms with Crippen LogP contribution < -0.4 is 19.6 Å². The van der Waals surface area contributed by atoms with Crippen molar-refractivity contribution < 1.29 is 14.3 Å². The summed E-state index contributed by atoms with van der Waals surface area (Å²) in [6.45, 7) is 4.32. The average Bonchev–Trinajstić information content (AvgIpc) is 3.56. The van der Waals surface area contributed by atoms with Crippen LogP contribution in [0.4, 0.5) is 0 Å². The van der Waals surface area contributed by atoms with Crippen LogP contribution in [0.25, 0.3) is 27.8 Å². The summed E-state index contributed by atoms with van der Waals surface area (Å²) in [5, 5.41) is 3.55. The third-order valence-corrected chi connectivity index (χ3v) is 9.70. The number of rotatable bonds is 7. The van der Waals surface area contributed by atoms with Crippen molar-refractivity contribution in [1.29, 1.82) is 0 Å². The molecule has 0 bridgehead atoms. The molecule has 1 atom stereocenters. The molecule has 0 amide bonds. The van der Waals surface area contributed by atoms with Gasteiger partial charge in [-0.2, -0.15) is 0 Å². The minimum absolute atomic E-state index is 0.192. The molecule has 1 aliphatic rings. The molecule has 2 aromatic heterocycles. The van der Waals surface area contributed by atoms with Crippen LogP contribution >= 0.6 is 22.9 Å². The Hall–Kier alpha value is -4.92. The molecule has 3 heterocycles. The van der Waals surface area contributed by atoms with Crippen molar-refractivity contribution in [1.82, 2.24) is 9.13 Å². The van der Waals surface area contributed by atoms with Crippen LogP contribution in [0.5, 0.6) is 5.75 Å². The normalized spacial score (nSPS) is 14.9. The Balaban J connectivity index is 1.46. The lowest BCUT2D eigenvalue weighted by Gasteiger charge is -2.27. The maximum absolute atomic E-state index is 14.5. The number of methoxy groups -OCH3 is 1. The number of benzene rings is 4. The Morgan fingerprint density at radius 1 is 1.00 bits per heavy atom. The number of aromatic nitrogens is 2. The largest absolute Gasteiger partial charge is 0.496 e. The molecule has 0 aliphatic carbocycles. The zero-order valence-corrected chi connectivity index (χ0v) is 27.1. The molecule has 0 saturated heterocycles. The van der Waals surface area contributed by atoms with Crippen molar-refractivity contribution >= 4 is 56.7 Å². The van der Waals surface area contributed by atoms with Gasteiger partial charge in [0, 0.05) is 39.8 Å². The first kappa shape index (κ1) is 29.8. The number of halogens is 1. The molecule has 0 N–H and O–H groups in total. The maximum atomic E-state index is 14.5. The molecule has 7 nitrogen and oxygen atoms in total. The van der Waals surface area contributed by atoms with E-state index < -0.39 is 12.0 Å². The van der Waals surface area contributed by atoms with Crippen molar-refractivity contribution in [3.63, 3.8) is 0 Å². The van der Waals surface area contributed by atoms with E-state index in [0.29, 0.717) is 43.5 Å². The summed E-state index contributed by atoms with van der Waals surface area (Å²) in [6, 6.07) is 26.8. The van der Waals surface area contributed by atoms with E-state index in [1.807, 2.05) is 91.1 Å². The molecule has 0 spiro atoms. The van der Waals surface area contributed by atoms with Gasteiger partial charge in [0.2, 0.25) is 0 Å². The number of nitrogens with zero attached hydrogens (tertiary/aromatic N) is 3. The second kappa shape index (κ2) is 12.1. The number of hydrogen-bond acceptors (Lipinski definition) is 6. The van der Waals surface area contributed by atoms with Gasteiger partial charge in [0.1, 0.15) is 11.8 Å². The van der Waals surface area contributed by atoms with Crippen LogP contribution in [-0.2, 0) is 16.1 Å². The Morgan fingerprint density at radius 2 is 1.74 bits per heavy atom. The highest BCUT2D eigenvalue weighted by atomic mass is 35.5. The van der Waals surface area contributed by atoms with Gasteiger partial charge in [0.15, 0.2) is 4.80 Å². The fraction of sp³-hybridized carbons (Fsp3) is 0.162. The molecule has 0 radical (unpaired) electrons. The van der Waals surface area contributed by atoms with Gasteiger partial charge in [-0.05, 0) is 54.5 Å². The smallest absolute Gasteiger partial charge is 0.338 e. The van der Waals surface area contributed by atoms with Gasteiger partial charge < -0.3 is 14.0 Å². The summed E-state index contributed by atoms with van der Waals surface area (Å²) in [4.78, 5) is 33.3. The molecule has 46 heavy (non-hydrogen) atoms. The summed E-state index contributed by atoms with van der Waals surface area (Å²) in [5.41, 5.74) is 4.20. The number of carbonyl (C=O) groups is 1. The predicted molar refractivity (Wildman–Crippen MR) is 183 cm³/mol. The van der Waals surface area contributed by atoms with Gasteiger partial charge in [-0.25, -0.2) is 9.79 Å². The minimum Gasteiger partial charge on any atom is -0.496 e. The van der Waals surface area contributed by atoms with Crippen molar-refractivity contribution in [2.45, 2.75) is 26.4 Å². The van der Waals surface area contributed by atoms with E-state index in [2.05, 4.69) is 10.6 Å². The van der Waals surface area contributed by atoms with E-state index in [0.717, 1.165) is 32.8 Å². The summed E-state index contributed by atoms with van der Waals surface area (Å²) in [6.07, 6.45) is 3.96. The first-order valence-electron chi connectivity index (χ1n) is 15.0. The molecule has 6 aromatic rings. The lowest BCUT2D eigenvalue weighted by molar-refractivity contribution is -0.139. The number of para-hydroxylation sites is 1. The highest BCUT2D eigenvalue weighted by Crippen LogP contribution is 2.40. The van der Waals surface area contributed by atoms with Gasteiger partial charge in [-0.3, -0.25) is 9.36 Å². The fourth-order valence-corrected chi connectivity index (χ4v) is 7.51. The molecule has 230 valence electrons. The summed E-state index contributed by atoms with van der Waals surface area (Å²) in [7, 11) is 1.59. The molecule has 4 aromatic carbocycles. The number of ether oxygens (including phenoxy) is 2. The number of fused-ring (bicyclic) bond motifs is 3. The number of thiazole rings is 1. The minimum atomic E-state index is -0.805. The van der Waals surface area contributed by atoms with Gasteiger partial charge in [0.25, 0.3) is 5.56 Å². The fourth-order valence-electron chi connectivity index (χ4n) is 6.27. The highest BCUT2D eigenvalue weighted by Gasteiger charge is 2.36. The second-order valence-corrected chi connectivity index (χ2v) is 12.4. The lowest BCUT2D eigenvalue weighted by Crippen LogP contribution is -2.40. The van der Waals surface area contributed by atoms with Crippen LogP contribution in [0.3, 0.4) is 0 Å². The Bertz CT molecular complexity index is 2380. The standard InChI is InChI=1S/C37H30ClN3O4S/c1-4-45-36(43)32-22(2)39-37-41(34(32)33-27-14-7-5-11-23(27)17-18-30(33)44-3)35(42)31(46-37)19-25-21-40(29-16-10-8-13-26(25)29)20-24-12-6-9-15-28(24)38/h5-19,21,34H,4,20H2,1-3H3/b31-19+/t34-/m1/s1. The van der Waals surface area contributed by atoms with Crippen LogP contribution in [0.2, 0.25) is 5.02 Å². The van der Waals surface area contributed by atoms with Gasteiger partial charge in [-0.15, -0.1) is 0 Å². The number of allylic oxidation sites excluding steroid dienone is 1. The SMILES string of the molecule is CCOC(=O)C1=C(C)N=c2s/c(=C/c3cn(Cc4ccccc4Cl)c4ccccc34)c(=O)n2[C@H]1c1c(OC)ccc2ccccc12. The predicted octanol–water partition coefficient (Wildman–Crippen LogP) is 6.62. The van der Waals surface area contributed by atoms with Gasteiger partial charge >= 0.3 is 5.97 Å². The van der Waals surface area contributed by atoms with Crippen molar-refractivity contribution in [2.24, 2.45) is 4.99 Å². The molecule has 0 unspecified atom stereocenters. The van der Waals surface area contributed by atoms with Crippen molar-refractivity contribution in [3.8, 4) is 5.75 Å². The number of esters is 1. The van der Waals surface area contributed by atoms with Crippen molar-refractivity contribution in [2.75, 3.05) is 13.7 Å². The average molecular weight is 648 g/mol. The Kier molecular flexibility index (Phi) is 7.84.